The Morgan fingerprint density at radius 2 is 2.43 bits per heavy atom. The van der Waals surface area contributed by atoms with Gasteiger partial charge in [-0.05, 0) is 0 Å². The number of carbonyl (C=O) groups excluding carboxylic acids is 1. The molecule has 0 aliphatic carbocycles. The van der Waals surface area contributed by atoms with Crippen molar-refractivity contribution in [2.45, 2.75) is 26.8 Å². The molecule has 4 heteroatoms. The second-order valence-electron chi connectivity index (χ2n) is 3.99. The summed E-state index contributed by atoms with van der Waals surface area (Å²) in [7, 11) is 0. The predicted molar refractivity (Wildman–Crippen MR) is 52.5 cm³/mol. The number of nitrogens with one attached hydrogen (secondary N) is 1. The lowest BCUT2D eigenvalue weighted by Crippen LogP contribution is -2.38. The van der Waals surface area contributed by atoms with Crippen LogP contribution >= 0.6 is 0 Å². The summed E-state index contributed by atoms with van der Waals surface area (Å²) in [6, 6.07) is 0. The first-order chi connectivity index (χ1) is 6.68. The van der Waals surface area contributed by atoms with Crippen molar-refractivity contribution in [1.29, 1.82) is 0 Å². The number of hydrogen-bond acceptors (Lipinski definition) is 2. The molecule has 14 heavy (non-hydrogen) atoms. The molecule has 0 saturated heterocycles. The highest BCUT2D eigenvalue weighted by atomic mass is 16.2. The first kappa shape index (κ1) is 9.24. The highest BCUT2D eigenvalue weighted by Gasteiger charge is 2.23. The summed E-state index contributed by atoms with van der Waals surface area (Å²) in [5.41, 5.74) is 2.20. The number of nitrogens with zero attached hydrogens (tertiary/aromatic N) is 2. The minimum atomic E-state index is 0.0828. The van der Waals surface area contributed by atoms with E-state index in [9.17, 15) is 4.79 Å². The lowest BCUT2D eigenvalue weighted by Gasteiger charge is -2.27. The van der Waals surface area contributed by atoms with Crippen LogP contribution in [0.15, 0.2) is 6.33 Å². The average molecular weight is 193 g/mol. The number of carbonyl (C=O) groups is 1. The third kappa shape index (κ3) is 1.52. The first-order valence-corrected chi connectivity index (χ1v) is 4.98. The summed E-state index contributed by atoms with van der Waals surface area (Å²) >= 11 is 0. The Morgan fingerprint density at radius 1 is 1.64 bits per heavy atom. The summed E-state index contributed by atoms with van der Waals surface area (Å²) in [6.07, 6.45) is 2.57. The van der Waals surface area contributed by atoms with Crippen LogP contribution in [0.25, 0.3) is 0 Å². The first-order valence-electron chi connectivity index (χ1n) is 4.98. The Kier molecular flexibility index (Phi) is 2.27. The van der Waals surface area contributed by atoms with Crippen molar-refractivity contribution in [3.05, 3.63) is 17.7 Å². The molecule has 0 fully saturated rings. The van der Waals surface area contributed by atoms with Crippen LogP contribution in [0, 0.1) is 5.92 Å². The number of amides is 1. The maximum atomic E-state index is 11.7. The van der Waals surface area contributed by atoms with Crippen molar-refractivity contribution in [3.63, 3.8) is 0 Å². The van der Waals surface area contributed by atoms with Crippen LogP contribution in [0.3, 0.4) is 0 Å². The molecule has 0 unspecified atom stereocenters. The zero-order chi connectivity index (χ0) is 10.1. The fourth-order valence-corrected chi connectivity index (χ4v) is 1.77. The molecule has 0 atom stereocenters. The summed E-state index contributed by atoms with van der Waals surface area (Å²) in [6.45, 7) is 5.36. The van der Waals surface area contributed by atoms with E-state index in [1.165, 1.54) is 0 Å². The lowest BCUT2D eigenvalue weighted by molar-refractivity contribution is -0.135. The van der Waals surface area contributed by atoms with E-state index >= 15 is 0 Å². The van der Waals surface area contributed by atoms with Crippen molar-refractivity contribution < 1.29 is 4.79 Å². The summed E-state index contributed by atoms with van der Waals surface area (Å²) < 4.78 is 0. The molecule has 4 nitrogen and oxygen atoms in total. The molecule has 1 amide bonds. The number of imidazole rings is 1. The summed E-state index contributed by atoms with van der Waals surface area (Å²) in [4.78, 5) is 20.9. The smallest absolute Gasteiger partial charge is 0.225 e. The SMILES string of the molecule is CC(C)C(=O)N1CCc2nc[nH]c2C1. The van der Waals surface area contributed by atoms with Gasteiger partial charge >= 0.3 is 0 Å². The Bertz CT molecular complexity index is 343. The van der Waals surface area contributed by atoms with E-state index in [-0.39, 0.29) is 11.8 Å². The van der Waals surface area contributed by atoms with Crippen molar-refractivity contribution >= 4 is 5.91 Å². The van der Waals surface area contributed by atoms with Gasteiger partial charge in [0.2, 0.25) is 5.91 Å². The van der Waals surface area contributed by atoms with Crippen LogP contribution in [-0.4, -0.2) is 27.3 Å². The standard InChI is InChI=1S/C10H15N3O/c1-7(2)10(14)13-4-3-8-9(5-13)12-6-11-8/h6-7H,3-5H2,1-2H3,(H,11,12). The van der Waals surface area contributed by atoms with Crippen LogP contribution in [-0.2, 0) is 17.8 Å². The van der Waals surface area contributed by atoms with Crippen LogP contribution in [0.2, 0.25) is 0 Å². The molecule has 0 radical (unpaired) electrons. The van der Waals surface area contributed by atoms with Gasteiger partial charge in [-0.1, -0.05) is 13.8 Å². The van der Waals surface area contributed by atoms with Crippen molar-refractivity contribution in [2.75, 3.05) is 6.54 Å². The maximum Gasteiger partial charge on any atom is 0.225 e. The molecule has 76 valence electrons. The number of rotatable bonds is 1. The Balaban J connectivity index is 2.11. The van der Waals surface area contributed by atoms with Gasteiger partial charge in [0.1, 0.15) is 0 Å². The molecular formula is C10H15N3O. The Hall–Kier alpha value is -1.32. The van der Waals surface area contributed by atoms with E-state index in [4.69, 9.17) is 0 Å². The van der Waals surface area contributed by atoms with Gasteiger partial charge in [0, 0.05) is 18.9 Å². The van der Waals surface area contributed by atoms with Crippen LogP contribution in [0.1, 0.15) is 25.2 Å². The molecule has 1 N–H and O–H groups in total. The van der Waals surface area contributed by atoms with Gasteiger partial charge in [0.15, 0.2) is 0 Å². The summed E-state index contributed by atoms with van der Waals surface area (Å²) in [5.74, 6) is 0.310. The fourth-order valence-electron chi connectivity index (χ4n) is 1.77. The van der Waals surface area contributed by atoms with E-state index in [2.05, 4.69) is 9.97 Å². The Morgan fingerprint density at radius 3 is 3.14 bits per heavy atom. The third-order valence-electron chi connectivity index (χ3n) is 2.58. The third-order valence-corrected chi connectivity index (χ3v) is 2.58. The minimum absolute atomic E-state index is 0.0828. The maximum absolute atomic E-state index is 11.7. The molecule has 1 aromatic heterocycles. The van der Waals surface area contributed by atoms with Crippen LogP contribution in [0.4, 0.5) is 0 Å². The van der Waals surface area contributed by atoms with Crippen LogP contribution in [0.5, 0.6) is 0 Å². The predicted octanol–water partition coefficient (Wildman–Crippen LogP) is 0.950. The number of H-pyrrole nitrogens is 1. The molecule has 0 saturated carbocycles. The molecule has 1 aliphatic rings. The quantitative estimate of drug-likeness (QED) is 0.722. The molecule has 1 aromatic rings. The van der Waals surface area contributed by atoms with E-state index < -0.39 is 0 Å². The topological polar surface area (TPSA) is 49.0 Å². The lowest BCUT2D eigenvalue weighted by atomic mass is 10.1. The van der Waals surface area contributed by atoms with Crippen molar-refractivity contribution in [3.8, 4) is 0 Å². The van der Waals surface area contributed by atoms with Gasteiger partial charge in [-0.2, -0.15) is 0 Å². The fraction of sp³-hybridized carbons (Fsp3) is 0.600. The van der Waals surface area contributed by atoms with Gasteiger partial charge in [-0.25, -0.2) is 4.98 Å². The van der Waals surface area contributed by atoms with Gasteiger partial charge in [-0.15, -0.1) is 0 Å². The molecule has 0 bridgehead atoms. The zero-order valence-electron chi connectivity index (χ0n) is 8.58. The summed E-state index contributed by atoms with van der Waals surface area (Å²) in [5, 5.41) is 0. The molecule has 0 spiro atoms. The monoisotopic (exact) mass is 193 g/mol. The van der Waals surface area contributed by atoms with Gasteiger partial charge in [-0.3, -0.25) is 4.79 Å². The van der Waals surface area contributed by atoms with E-state index in [1.54, 1.807) is 6.33 Å². The molecule has 2 heterocycles. The minimum Gasteiger partial charge on any atom is -0.347 e. The number of fused-ring (bicyclic) bond motifs is 1. The van der Waals surface area contributed by atoms with Crippen molar-refractivity contribution in [1.82, 2.24) is 14.9 Å². The van der Waals surface area contributed by atoms with E-state index in [1.807, 2.05) is 18.7 Å². The van der Waals surface area contributed by atoms with Gasteiger partial charge < -0.3 is 9.88 Å². The zero-order valence-corrected chi connectivity index (χ0v) is 8.58. The highest BCUT2D eigenvalue weighted by Crippen LogP contribution is 2.16. The van der Waals surface area contributed by atoms with Crippen molar-refractivity contribution in [2.24, 2.45) is 5.92 Å². The number of hydrogen-bond donors (Lipinski definition) is 1. The number of aromatic nitrogens is 2. The van der Waals surface area contributed by atoms with Gasteiger partial charge in [0.25, 0.3) is 0 Å². The normalized spacial score (nSPS) is 15.8. The largest absolute Gasteiger partial charge is 0.347 e. The van der Waals surface area contributed by atoms with Crippen LogP contribution < -0.4 is 0 Å². The second-order valence-corrected chi connectivity index (χ2v) is 3.99. The molecule has 1 aliphatic heterocycles. The van der Waals surface area contributed by atoms with E-state index in [0.29, 0.717) is 6.54 Å². The number of aromatic amines is 1. The molecule has 0 aromatic carbocycles. The highest BCUT2D eigenvalue weighted by molar-refractivity contribution is 5.78. The second kappa shape index (κ2) is 3.44. The average Bonchev–Trinajstić information content (AvgIpc) is 2.62. The van der Waals surface area contributed by atoms with E-state index in [0.717, 1.165) is 24.4 Å². The molecule has 2 rings (SSSR count). The molecular weight excluding hydrogens is 178 g/mol. The Labute approximate surface area is 83.3 Å². The van der Waals surface area contributed by atoms with Gasteiger partial charge in [0.05, 0.1) is 24.3 Å².